The summed E-state index contributed by atoms with van der Waals surface area (Å²) in [5, 5.41) is 2.61. The Bertz CT molecular complexity index is 1020. The molecule has 1 saturated heterocycles. The number of nitrogens with zero attached hydrogens (tertiary/aromatic N) is 1. The highest BCUT2D eigenvalue weighted by Crippen LogP contribution is 2.24. The minimum atomic E-state index is -4.06. The van der Waals surface area contributed by atoms with Crippen LogP contribution in [0.4, 0.5) is 10.1 Å². The van der Waals surface area contributed by atoms with Crippen molar-refractivity contribution in [2.45, 2.75) is 37.2 Å². The van der Waals surface area contributed by atoms with E-state index in [1.54, 1.807) is 30.3 Å². The number of carbonyl (C=O) groups excluding carboxylic acids is 2. The number of ether oxygens (including phenoxy) is 1. The minimum absolute atomic E-state index is 0.147. The summed E-state index contributed by atoms with van der Waals surface area (Å²) >= 11 is 0. The molecular weight excluding hydrogens is 411 g/mol. The molecule has 1 heterocycles. The smallest absolute Gasteiger partial charge is 0.338 e. The summed E-state index contributed by atoms with van der Waals surface area (Å²) in [6.07, 6.45) is 1.20. The van der Waals surface area contributed by atoms with Gasteiger partial charge >= 0.3 is 5.97 Å². The lowest BCUT2D eigenvalue weighted by atomic mass is 10.2. The number of nitrogens with one attached hydrogen (secondary N) is 1. The Morgan fingerprint density at radius 1 is 1.07 bits per heavy atom. The van der Waals surface area contributed by atoms with E-state index in [0.29, 0.717) is 31.6 Å². The van der Waals surface area contributed by atoms with Gasteiger partial charge in [0.05, 0.1) is 5.56 Å². The molecule has 160 valence electrons. The number of piperidine rings is 1. The maximum absolute atomic E-state index is 14.3. The van der Waals surface area contributed by atoms with Crippen molar-refractivity contribution in [3.8, 4) is 0 Å². The van der Waals surface area contributed by atoms with E-state index >= 15 is 0 Å². The van der Waals surface area contributed by atoms with Crippen molar-refractivity contribution in [2.75, 3.05) is 18.4 Å². The molecule has 0 saturated carbocycles. The molecule has 1 amide bonds. The zero-order valence-electron chi connectivity index (χ0n) is 16.5. The quantitative estimate of drug-likeness (QED) is 0.705. The second-order valence-electron chi connectivity index (χ2n) is 7.01. The third-order valence-corrected chi connectivity index (χ3v) is 6.71. The van der Waals surface area contributed by atoms with Crippen molar-refractivity contribution < 1.29 is 27.1 Å². The number of benzene rings is 2. The maximum Gasteiger partial charge on any atom is 0.338 e. The van der Waals surface area contributed by atoms with Crippen molar-refractivity contribution in [3.63, 3.8) is 0 Å². The van der Waals surface area contributed by atoms with Crippen LogP contribution in [0.5, 0.6) is 0 Å². The van der Waals surface area contributed by atoms with Crippen LogP contribution in [0.15, 0.2) is 53.4 Å². The molecule has 0 unspecified atom stereocenters. The summed E-state index contributed by atoms with van der Waals surface area (Å²) in [5.41, 5.74) is 0.397. The van der Waals surface area contributed by atoms with Crippen molar-refractivity contribution >= 4 is 27.6 Å². The van der Waals surface area contributed by atoms with Gasteiger partial charge in [-0.3, -0.25) is 4.79 Å². The number of sulfonamides is 1. The standard InChI is InChI=1S/C21H23FN2O5S/c1-15(20(25)23-17-8-4-2-5-9-17)29-21(26)16-10-11-18(22)19(14-16)30(27,28)24-12-6-3-7-13-24/h2,4-5,8-11,14-15H,3,6-7,12-13H2,1H3,(H,23,25)/t15-/m1/s1. The van der Waals surface area contributed by atoms with Crippen LogP contribution in [-0.2, 0) is 19.6 Å². The molecule has 3 rings (SSSR count). The van der Waals surface area contributed by atoms with Crippen LogP contribution in [0, 0.1) is 5.82 Å². The van der Waals surface area contributed by atoms with E-state index in [1.165, 1.54) is 11.2 Å². The van der Waals surface area contributed by atoms with E-state index in [2.05, 4.69) is 5.32 Å². The van der Waals surface area contributed by atoms with E-state index < -0.39 is 38.7 Å². The molecule has 0 aliphatic carbocycles. The highest BCUT2D eigenvalue weighted by Gasteiger charge is 2.30. The Kier molecular flexibility index (Phi) is 6.84. The molecule has 1 aliphatic rings. The SMILES string of the molecule is C[C@@H](OC(=O)c1ccc(F)c(S(=O)(=O)N2CCCCC2)c1)C(=O)Nc1ccccc1. The van der Waals surface area contributed by atoms with Gasteiger partial charge in [0.15, 0.2) is 6.10 Å². The first-order valence-electron chi connectivity index (χ1n) is 9.65. The molecule has 0 spiro atoms. The number of para-hydroxylation sites is 1. The monoisotopic (exact) mass is 434 g/mol. The molecule has 1 aliphatic heterocycles. The molecule has 2 aromatic carbocycles. The lowest BCUT2D eigenvalue weighted by Gasteiger charge is -2.26. The van der Waals surface area contributed by atoms with Crippen molar-refractivity contribution in [1.82, 2.24) is 4.31 Å². The van der Waals surface area contributed by atoms with E-state index in [-0.39, 0.29) is 5.56 Å². The zero-order valence-corrected chi connectivity index (χ0v) is 17.3. The van der Waals surface area contributed by atoms with Crippen LogP contribution in [0.25, 0.3) is 0 Å². The number of hydrogen-bond donors (Lipinski definition) is 1. The van der Waals surface area contributed by atoms with Gasteiger partial charge in [-0.1, -0.05) is 24.6 Å². The summed E-state index contributed by atoms with van der Waals surface area (Å²) in [6, 6.07) is 11.7. The van der Waals surface area contributed by atoms with Gasteiger partial charge in [0.1, 0.15) is 10.7 Å². The zero-order chi connectivity index (χ0) is 21.7. The fourth-order valence-electron chi connectivity index (χ4n) is 3.12. The molecule has 0 bridgehead atoms. The molecule has 7 nitrogen and oxygen atoms in total. The maximum atomic E-state index is 14.3. The Labute approximate surface area is 174 Å². The largest absolute Gasteiger partial charge is 0.449 e. The first-order chi connectivity index (χ1) is 14.3. The molecule has 2 aromatic rings. The highest BCUT2D eigenvalue weighted by molar-refractivity contribution is 7.89. The second-order valence-corrected chi connectivity index (χ2v) is 8.92. The van der Waals surface area contributed by atoms with E-state index in [0.717, 1.165) is 24.6 Å². The fraction of sp³-hybridized carbons (Fsp3) is 0.333. The summed E-state index contributed by atoms with van der Waals surface area (Å²) in [7, 11) is -4.06. The van der Waals surface area contributed by atoms with Crippen molar-refractivity contribution in [3.05, 3.63) is 59.9 Å². The average molecular weight is 434 g/mol. The van der Waals surface area contributed by atoms with Crippen LogP contribution in [0.2, 0.25) is 0 Å². The molecule has 0 aromatic heterocycles. The summed E-state index contributed by atoms with van der Waals surface area (Å²) < 4.78 is 46.2. The van der Waals surface area contributed by atoms with Gasteiger partial charge in [0, 0.05) is 18.8 Å². The van der Waals surface area contributed by atoms with Crippen molar-refractivity contribution in [1.29, 1.82) is 0 Å². The van der Waals surface area contributed by atoms with Crippen LogP contribution in [0.3, 0.4) is 0 Å². The van der Waals surface area contributed by atoms with Crippen molar-refractivity contribution in [2.24, 2.45) is 0 Å². The van der Waals surface area contributed by atoms with Crippen LogP contribution >= 0.6 is 0 Å². The Morgan fingerprint density at radius 3 is 2.40 bits per heavy atom. The number of anilines is 1. The number of esters is 1. The Balaban J connectivity index is 1.73. The Hall–Kier alpha value is -2.78. The van der Waals surface area contributed by atoms with Gasteiger partial charge in [0.25, 0.3) is 5.91 Å². The van der Waals surface area contributed by atoms with Gasteiger partial charge in [-0.25, -0.2) is 17.6 Å². The molecule has 1 atom stereocenters. The predicted molar refractivity (Wildman–Crippen MR) is 109 cm³/mol. The fourth-order valence-corrected chi connectivity index (χ4v) is 4.73. The number of rotatable bonds is 6. The van der Waals surface area contributed by atoms with Gasteiger partial charge in [0.2, 0.25) is 10.0 Å². The van der Waals surface area contributed by atoms with Gasteiger partial charge in [-0.2, -0.15) is 4.31 Å². The van der Waals surface area contributed by atoms with Gasteiger partial charge in [-0.05, 0) is 50.1 Å². The molecule has 1 N–H and O–H groups in total. The topological polar surface area (TPSA) is 92.8 Å². The number of carbonyl (C=O) groups is 2. The third-order valence-electron chi connectivity index (χ3n) is 4.79. The molecule has 30 heavy (non-hydrogen) atoms. The van der Waals surface area contributed by atoms with Crippen LogP contribution < -0.4 is 5.32 Å². The predicted octanol–water partition coefficient (Wildman–Crippen LogP) is 3.18. The van der Waals surface area contributed by atoms with Crippen LogP contribution in [-0.4, -0.2) is 43.8 Å². The summed E-state index contributed by atoms with van der Waals surface area (Å²) in [5.74, 6) is -2.40. The molecule has 9 heteroatoms. The molecule has 0 radical (unpaired) electrons. The minimum Gasteiger partial charge on any atom is -0.449 e. The lowest BCUT2D eigenvalue weighted by Crippen LogP contribution is -2.36. The molecule has 1 fully saturated rings. The first kappa shape index (κ1) is 21.9. The highest BCUT2D eigenvalue weighted by atomic mass is 32.2. The third kappa shape index (κ3) is 5.03. The second kappa shape index (κ2) is 9.36. The number of hydrogen-bond acceptors (Lipinski definition) is 5. The summed E-state index contributed by atoms with van der Waals surface area (Å²) in [4.78, 5) is 24.1. The lowest BCUT2D eigenvalue weighted by molar-refractivity contribution is -0.123. The van der Waals surface area contributed by atoms with E-state index in [9.17, 15) is 22.4 Å². The van der Waals surface area contributed by atoms with Gasteiger partial charge in [-0.15, -0.1) is 0 Å². The normalized spacial score (nSPS) is 15.9. The summed E-state index contributed by atoms with van der Waals surface area (Å²) in [6.45, 7) is 2.02. The van der Waals surface area contributed by atoms with Crippen LogP contribution in [0.1, 0.15) is 36.5 Å². The molecular formula is C21H23FN2O5S. The first-order valence-corrected chi connectivity index (χ1v) is 11.1. The van der Waals surface area contributed by atoms with E-state index in [4.69, 9.17) is 4.74 Å². The number of amides is 1. The Morgan fingerprint density at radius 2 is 1.73 bits per heavy atom. The van der Waals surface area contributed by atoms with E-state index in [1.807, 2.05) is 0 Å². The van der Waals surface area contributed by atoms with Gasteiger partial charge < -0.3 is 10.1 Å². The number of halogens is 1. The average Bonchev–Trinajstić information content (AvgIpc) is 2.75.